The molecule has 3 aromatic rings. The van der Waals surface area contributed by atoms with Gasteiger partial charge in [-0.25, -0.2) is 19.0 Å². The number of carbonyl (C=O) groups excluding carboxylic acids is 1. The van der Waals surface area contributed by atoms with Crippen LogP contribution in [0.25, 0.3) is 11.2 Å². The molecule has 270 valence electrons. The maximum absolute atomic E-state index is 15.6. The van der Waals surface area contributed by atoms with Crippen molar-refractivity contribution < 1.29 is 36.7 Å². The van der Waals surface area contributed by atoms with Crippen molar-refractivity contribution >= 4 is 55.6 Å². The van der Waals surface area contributed by atoms with Crippen molar-refractivity contribution in [2.45, 2.75) is 83.3 Å². The molecule has 0 radical (unpaired) electrons. The zero-order chi connectivity index (χ0) is 36.0. The van der Waals surface area contributed by atoms with Gasteiger partial charge in [-0.2, -0.15) is 10.2 Å². The molecule has 0 bridgehead atoms. The molecule has 3 heterocycles. The molecule has 3 aromatic heterocycles. The lowest BCUT2D eigenvalue weighted by molar-refractivity contribution is -0.118. The summed E-state index contributed by atoms with van der Waals surface area (Å²) in [6.45, 7) is 1.38. The molecule has 2 aliphatic carbocycles. The van der Waals surface area contributed by atoms with Crippen LogP contribution < -0.4 is 16.2 Å². The van der Waals surface area contributed by atoms with E-state index in [9.17, 15) is 24.3 Å². The van der Waals surface area contributed by atoms with E-state index in [0.29, 0.717) is 18.7 Å². The monoisotopic (exact) mass is 755 g/mol. The van der Waals surface area contributed by atoms with E-state index in [-0.39, 0.29) is 60.9 Å². The molecule has 2 saturated carbocycles. The number of halogens is 1. The molecule has 0 saturated heterocycles. The normalized spacial score (nSPS) is 26.5. The smallest absolute Gasteiger partial charge is 0.364 e. The van der Waals surface area contributed by atoms with Crippen LogP contribution >= 0.6 is 15.0 Å². The minimum Gasteiger partial charge on any atom is -0.364 e. The van der Waals surface area contributed by atoms with Gasteiger partial charge >= 0.3 is 15.0 Å². The van der Waals surface area contributed by atoms with Crippen molar-refractivity contribution in [1.29, 1.82) is 5.26 Å². The summed E-state index contributed by atoms with van der Waals surface area (Å²) in [5, 5.41) is 23.0. The Morgan fingerprint density at radius 3 is 2.82 bits per heavy atom. The molecule has 22 heteroatoms. The summed E-state index contributed by atoms with van der Waals surface area (Å²) < 4.78 is 52.4. The molecule has 18 nitrogen and oxygen atoms in total. The van der Waals surface area contributed by atoms with E-state index in [1.807, 2.05) is 13.0 Å². The number of H-pyrrole nitrogens is 1. The van der Waals surface area contributed by atoms with Crippen LogP contribution in [0.3, 0.4) is 0 Å². The van der Waals surface area contributed by atoms with Crippen molar-refractivity contribution in [3.8, 4) is 6.07 Å². The Labute approximate surface area is 292 Å². The molecule has 9 atom stereocenters. The number of nitrogens with zero attached hydrogens (tertiary/aromatic N) is 7. The van der Waals surface area contributed by atoms with E-state index in [1.165, 1.54) is 17.2 Å². The first kappa shape index (κ1) is 37.8. The van der Waals surface area contributed by atoms with Crippen molar-refractivity contribution in [3.05, 3.63) is 28.9 Å². The third-order valence-corrected chi connectivity index (χ3v) is 11.4. The molecule has 50 heavy (non-hydrogen) atoms. The summed E-state index contributed by atoms with van der Waals surface area (Å²) in [4.78, 5) is 49.6. The lowest BCUT2D eigenvalue weighted by Gasteiger charge is -2.29. The van der Waals surface area contributed by atoms with Gasteiger partial charge in [-0.1, -0.05) is 32.4 Å². The number of alkyl halides is 1. The minimum absolute atomic E-state index is 0.0142. The zero-order valence-corrected chi connectivity index (χ0v) is 30.0. The van der Waals surface area contributed by atoms with Gasteiger partial charge in [-0.15, -0.1) is 14.5 Å². The van der Waals surface area contributed by atoms with Gasteiger partial charge in [-0.05, 0) is 43.1 Å². The maximum Gasteiger partial charge on any atom is 0.695 e. The van der Waals surface area contributed by atoms with Crippen molar-refractivity contribution in [1.82, 2.24) is 34.9 Å². The highest BCUT2D eigenvalue weighted by atomic mass is 32.5. The van der Waals surface area contributed by atoms with E-state index in [1.54, 1.807) is 19.9 Å². The predicted octanol–water partition coefficient (Wildman–Crippen LogP) is 3.69. The Morgan fingerprint density at radius 2 is 2.14 bits per heavy atom. The summed E-state index contributed by atoms with van der Waals surface area (Å²) in [7, 11) is -3.15. The fourth-order valence-electron chi connectivity index (χ4n) is 6.01. The lowest BCUT2D eigenvalue weighted by Crippen LogP contribution is -2.33. The van der Waals surface area contributed by atoms with Crippen molar-refractivity contribution in [2.24, 2.45) is 17.8 Å². The van der Waals surface area contributed by atoms with Gasteiger partial charge in [0.25, 0.3) is 5.56 Å². The quantitative estimate of drug-likeness (QED) is 0.120. The molecule has 1 amide bonds. The number of aromatic nitrogens is 7. The first-order chi connectivity index (χ1) is 23.9. The second kappa shape index (κ2) is 16.7. The highest BCUT2D eigenvalue weighted by molar-refractivity contribution is 8.07. The summed E-state index contributed by atoms with van der Waals surface area (Å²) in [6.07, 6.45) is 1.03. The van der Waals surface area contributed by atoms with E-state index in [2.05, 4.69) is 40.9 Å². The van der Waals surface area contributed by atoms with Crippen LogP contribution in [0.1, 0.15) is 58.9 Å². The van der Waals surface area contributed by atoms with Crippen LogP contribution in [0.5, 0.6) is 0 Å². The summed E-state index contributed by atoms with van der Waals surface area (Å²) in [5.74, 6) is -1.02. The van der Waals surface area contributed by atoms with Crippen LogP contribution in [0.4, 0.5) is 16.2 Å². The van der Waals surface area contributed by atoms with Gasteiger partial charge < -0.3 is 18.9 Å². The number of carbonyl (C=O) groups is 1. The fraction of sp³-hybridized carbons (Fsp3) is 0.643. The summed E-state index contributed by atoms with van der Waals surface area (Å²) >= 11 is 5.84. The Kier molecular flexibility index (Phi) is 12.7. The third-order valence-electron chi connectivity index (χ3n) is 8.58. The number of rotatable bonds is 16. The second-order valence-corrected chi connectivity index (χ2v) is 15.9. The number of nitrogens with one attached hydrogen (secondary N) is 3. The van der Waals surface area contributed by atoms with Gasteiger partial charge in [0.15, 0.2) is 23.4 Å². The number of hydrogen-bond donors (Lipinski definition) is 4. The van der Waals surface area contributed by atoms with Gasteiger partial charge in [0.2, 0.25) is 11.9 Å². The number of aromatic amines is 1. The van der Waals surface area contributed by atoms with Gasteiger partial charge in [0.1, 0.15) is 12.1 Å². The fourth-order valence-corrected chi connectivity index (χ4v) is 8.69. The molecule has 2 unspecified atom stereocenters. The van der Waals surface area contributed by atoms with Crippen molar-refractivity contribution in [3.63, 3.8) is 0 Å². The molecular formula is C28H38FN10O8P2S+. The Hall–Kier alpha value is -3.40. The largest absolute Gasteiger partial charge is 0.695 e. The number of nitriles is 1. The molecular weight excluding hydrogens is 717 g/mol. The van der Waals surface area contributed by atoms with E-state index in [4.69, 9.17) is 29.9 Å². The Balaban J connectivity index is 1.39. The lowest BCUT2D eigenvalue weighted by atomic mass is 10.1. The molecule has 0 spiro atoms. The molecule has 0 aliphatic heterocycles. The van der Waals surface area contributed by atoms with Gasteiger partial charge in [0.05, 0.1) is 43.9 Å². The van der Waals surface area contributed by atoms with Gasteiger partial charge in [-0.3, -0.25) is 19.9 Å². The highest BCUT2D eigenvalue weighted by Crippen LogP contribution is 2.56. The number of hydrogen-bond acceptors (Lipinski definition) is 15. The van der Waals surface area contributed by atoms with Crippen LogP contribution in [0.2, 0.25) is 0 Å². The minimum atomic E-state index is -3.68. The Bertz CT molecular complexity index is 1810. The molecule has 0 aromatic carbocycles. The van der Waals surface area contributed by atoms with Crippen LogP contribution in [0, 0.1) is 29.1 Å². The third kappa shape index (κ3) is 9.09. The van der Waals surface area contributed by atoms with E-state index < -0.39 is 56.9 Å². The second-order valence-electron chi connectivity index (χ2n) is 12.3. The number of anilines is 2. The maximum atomic E-state index is 15.6. The molecule has 2 fully saturated rings. The predicted molar refractivity (Wildman–Crippen MR) is 180 cm³/mol. The average molecular weight is 756 g/mol. The first-order valence-corrected chi connectivity index (χ1v) is 19.7. The molecule has 2 aliphatic rings. The highest BCUT2D eigenvalue weighted by Gasteiger charge is 2.50. The van der Waals surface area contributed by atoms with Crippen LogP contribution in [-0.2, 0) is 39.3 Å². The zero-order valence-electron chi connectivity index (χ0n) is 27.4. The Morgan fingerprint density at radius 1 is 1.34 bits per heavy atom. The summed E-state index contributed by atoms with van der Waals surface area (Å²) in [5.41, 5.74) is -0.497. The van der Waals surface area contributed by atoms with Gasteiger partial charge in [0, 0.05) is 22.6 Å². The SMILES string of the molecule is CC[C@H]1C[C@@H](n2nnc3c(=O)[nH]c(NC(=O)C(C)C)nc32)[C@H](OP(=S)(OCCC#N)OC[C@H]2C[C@@H](Nc3ccncn3)[C@H](F)[C@@H]2O[P+](=O)O)C1. The number of fused-ring (bicyclic) bond motifs is 1. The van der Waals surface area contributed by atoms with Crippen LogP contribution in [0.15, 0.2) is 23.4 Å². The molecule has 4 N–H and O–H groups in total. The van der Waals surface area contributed by atoms with E-state index in [0.717, 1.165) is 6.42 Å². The topological polar surface area (TPSA) is 241 Å². The van der Waals surface area contributed by atoms with E-state index >= 15 is 4.39 Å². The summed E-state index contributed by atoms with van der Waals surface area (Å²) in [6, 6.07) is 2.17. The standard InChI is InChI=1S/C28H37FN10O8P2S/c1-4-16-10-19(39-25-23(37-38-39)27(41)36-28(34-25)35-26(40)15(2)3)20(11-16)47-49(50,44-9-5-7-30)45-13-17-12-18(22(29)24(17)46-48(42)43)33-21-6-8-31-14-32-21/h6,8,14-20,22,24H,4-5,9-13H2,1-3H3,(H3-,31,32,33,34,35,36,38,40,41,42,43)/p+1/t16-,17+,18+,19+,20+,22-,24+,49?/m0/s1. The van der Waals surface area contributed by atoms with Crippen LogP contribution in [-0.4, -0.2) is 83.4 Å². The first-order valence-electron chi connectivity index (χ1n) is 16.0. The average Bonchev–Trinajstić information content (AvgIpc) is 3.76. The van der Waals surface area contributed by atoms with Crippen molar-refractivity contribution in [2.75, 3.05) is 23.8 Å². The number of amides is 1. The molecule has 5 rings (SSSR count).